The number of aryl methyl sites for hydroxylation is 1. The van der Waals surface area contributed by atoms with E-state index in [0.29, 0.717) is 17.1 Å². The number of fused-ring (bicyclic) bond motifs is 1. The number of unbranched alkanes of at least 4 members (excludes halogenated alkanes) is 2. The second kappa shape index (κ2) is 11.8. The Bertz CT molecular complexity index is 1150. The van der Waals surface area contributed by atoms with Gasteiger partial charge in [-0.05, 0) is 48.7 Å². The summed E-state index contributed by atoms with van der Waals surface area (Å²) in [4.78, 5) is 11.1. The van der Waals surface area contributed by atoms with Crippen LogP contribution in [0, 0.1) is 5.92 Å². The number of rotatable bonds is 12. The maximum absolute atomic E-state index is 13.3. The molecule has 1 heterocycles. The predicted octanol–water partition coefficient (Wildman–Crippen LogP) is 7.13. The van der Waals surface area contributed by atoms with Crippen LogP contribution in [-0.2, 0) is 16.0 Å². The van der Waals surface area contributed by atoms with Crippen LogP contribution in [0.5, 0.6) is 11.5 Å². The van der Waals surface area contributed by atoms with Crippen LogP contribution in [0.1, 0.15) is 31.7 Å². The van der Waals surface area contributed by atoms with Gasteiger partial charge < -0.3 is 18.6 Å². The molecule has 35 heavy (non-hydrogen) atoms. The minimum atomic E-state index is -4.59. The van der Waals surface area contributed by atoms with E-state index < -0.39 is 31.3 Å². The highest BCUT2D eigenvalue weighted by Gasteiger charge is 2.41. The van der Waals surface area contributed by atoms with Gasteiger partial charge in [0, 0.05) is 17.5 Å². The van der Waals surface area contributed by atoms with E-state index >= 15 is 0 Å². The normalized spacial score (nSPS) is 12.4. The lowest BCUT2D eigenvalue weighted by Gasteiger charge is -2.20. The Morgan fingerprint density at radius 1 is 1.11 bits per heavy atom. The van der Waals surface area contributed by atoms with E-state index in [1.54, 1.807) is 19.2 Å². The summed E-state index contributed by atoms with van der Waals surface area (Å²) in [5.41, 5.74) is 2.43. The second-order valence-corrected chi connectivity index (χ2v) is 8.19. The summed E-state index contributed by atoms with van der Waals surface area (Å²) >= 11 is 0. The number of halogens is 3. The Hall–Kier alpha value is -3.42. The van der Waals surface area contributed by atoms with Gasteiger partial charge in [0.05, 0.1) is 12.7 Å². The molecule has 1 aromatic heterocycles. The van der Waals surface area contributed by atoms with Gasteiger partial charge in [0.15, 0.2) is 0 Å². The monoisotopic (exact) mass is 490 g/mol. The highest BCUT2D eigenvalue weighted by Crippen LogP contribution is 2.36. The van der Waals surface area contributed by atoms with Crippen molar-refractivity contribution in [2.24, 2.45) is 5.92 Å². The van der Waals surface area contributed by atoms with Gasteiger partial charge in [-0.2, -0.15) is 13.2 Å². The standard InChI is InChI=1S/C27H29F3O5/c1-4-6-7-8-18-9-12-22(24(13-18)32-3)25-14-19-10-11-21(15-23(19)35-25)33-16-20(27(28,29)30)17-34-26(31)5-2/h5,9-15,20H,2,4,6-8,16-17H2,1,3H3. The zero-order valence-corrected chi connectivity index (χ0v) is 19.8. The van der Waals surface area contributed by atoms with Crippen molar-refractivity contribution in [2.45, 2.75) is 38.8 Å². The number of hydrogen-bond donors (Lipinski definition) is 0. The Morgan fingerprint density at radius 3 is 2.60 bits per heavy atom. The summed E-state index contributed by atoms with van der Waals surface area (Å²) in [5.74, 6) is -1.42. The molecule has 3 aromatic rings. The first-order valence-electron chi connectivity index (χ1n) is 11.4. The largest absolute Gasteiger partial charge is 0.496 e. The molecule has 1 atom stereocenters. The van der Waals surface area contributed by atoms with Crippen LogP contribution < -0.4 is 9.47 Å². The van der Waals surface area contributed by atoms with E-state index in [4.69, 9.17) is 13.9 Å². The number of alkyl halides is 3. The van der Waals surface area contributed by atoms with Crippen molar-refractivity contribution in [3.05, 3.63) is 60.7 Å². The van der Waals surface area contributed by atoms with Gasteiger partial charge in [-0.1, -0.05) is 32.4 Å². The molecule has 3 rings (SSSR count). The zero-order chi connectivity index (χ0) is 25.4. The van der Waals surface area contributed by atoms with Gasteiger partial charge in [0.25, 0.3) is 0 Å². The number of benzene rings is 2. The van der Waals surface area contributed by atoms with Crippen molar-refractivity contribution in [1.29, 1.82) is 0 Å². The highest BCUT2D eigenvalue weighted by atomic mass is 19.4. The molecule has 0 spiro atoms. The van der Waals surface area contributed by atoms with E-state index in [0.717, 1.165) is 36.3 Å². The Morgan fingerprint density at radius 2 is 1.91 bits per heavy atom. The van der Waals surface area contributed by atoms with Gasteiger partial charge in [0.2, 0.25) is 0 Å². The molecule has 0 saturated heterocycles. The molecule has 0 aliphatic heterocycles. The first-order valence-corrected chi connectivity index (χ1v) is 11.4. The van der Waals surface area contributed by atoms with Crippen molar-refractivity contribution in [2.75, 3.05) is 20.3 Å². The molecule has 0 radical (unpaired) electrons. The Labute approximate surface area is 202 Å². The third-order valence-corrected chi connectivity index (χ3v) is 5.60. The van der Waals surface area contributed by atoms with Crippen LogP contribution >= 0.6 is 0 Å². The summed E-state index contributed by atoms with van der Waals surface area (Å²) < 4.78 is 61.3. The average Bonchev–Trinajstić information content (AvgIpc) is 3.26. The van der Waals surface area contributed by atoms with E-state index in [1.807, 2.05) is 24.3 Å². The summed E-state index contributed by atoms with van der Waals surface area (Å²) in [6, 6.07) is 12.7. The summed E-state index contributed by atoms with van der Waals surface area (Å²) in [6.07, 6.45) is 0.616. The fourth-order valence-corrected chi connectivity index (χ4v) is 3.58. The molecular formula is C27H29F3O5. The molecule has 0 N–H and O–H groups in total. The molecule has 5 nitrogen and oxygen atoms in total. The SMILES string of the molecule is C=CC(=O)OCC(COc1ccc2cc(-c3ccc(CCCCC)cc3OC)oc2c1)C(F)(F)F. The quantitative estimate of drug-likeness (QED) is 0.154. The zero-order valence-electron chi connectivity index (χ0n) is 19.8. The van der Waals surface area contributed by atoms with Crippen LogP contribution in [0.2, 0.25) is 0 Å². The molecule has 0 bridgehead atoms. The maximum Gasteiger partial charge on any atom is 0.398 e. The Balaban J connectivity index is 1.75. The predicted molar refractivity (Wildman–Crippen MR) is 128 cm³/mol. The van der Waals surface area contributed by atoms with E-state index in [2.05, 4.69) is 18.2 Å². The van der Waals surface area contributed by atoms with Crippen LogP contribution in [0.3, 0.4) is 0 Å². The third kappa shape index (κ3) is 7.04. The number of methoxy groups -OCH3 is 1. The summed E-state index contributed by atoms with van der Waals surface area (Å²) in [6.45, 7) is 3.78. The molecule has 0 saturated carbocycles. The third-order valence-electron chi connectivity index (χ3n) is 5.60. The highest BCUT2D eigenvalue weighted by molar-refractivity contribution is 5.85. The van der Waals surface area contributed by atoms with Crippen molar-refractivity contribution >= 4 is 16.9 Å². The number of carbonyl (C=O) groups excluding carboxylic acids is 1. The topological polar surface area (TPSA) is 57.9 Å². The number of hydrogen-bond acceptors (Lipinski definition) is 5. The summed E-state index contributed by atoms with van der Waals surface area (Å²) in [5, 5.41) is 0.772. The fourth-order valence-electron chi connectivity index (χ4n) is 3.58. The van der Waals surface area contributed by atoms with Gasteiger partial charge in [-0.15, -0.1) is 0 Å². The fraction of sp³-hybridized carbons (Fsp3) is 0.370. The van der Waals surface area contributed by atoms with Crippen molar-refractivity contribution in [1.82, 2.24) is 0 Å². The van der Waals surface area contributed by atoms with E-state index in [1.165, 1.54) is 18.1 Å². The van der Waals surface area contributed by atoms with Crippen LogP contribution in [-0.4, -0.2) is 32.5 Å². The van der Waals surface area contributed by atoms with E-state index in [9.17, 15) is 18.0 Å². The molecule has 0 aliphatic rings. The maximum atomic E-state index is 13.3. The van der Waals surface area contributed by atoms with Gasteiger partial charge in [0.1, 0.15) is 42.0 Å². The second-order valence-electron chi connectivity index (χ2n) is 8.19. The van der Waals surface area contributed by atoms with Crippen molar-refractivity contribution < 1.29 is 36.6 Å². The molecule has 0 aliphatic carbocycles. The minimum absolute atomic E-state index is 0.209. The number of ether oxygens (including phenoxy) is 3. The van der Waals surface area contributed by atoms with Crippen molar-refractivity contribution in [3.63, 3.8) is 0 Å². The molecule has 1 unspecified atom stereocenters. The average molecular weight is 491 g/mol. The van der Waals surface area contributed by atoms with Crippen LogP contribution in [0.4, 0.5) is 13.2 Å². The van der Waals surface area contributed by atoms with E-state index in [-0.39, 0.29) is 5.75 Å². The van der Waals surface area contributed by atoms with Gasteiger partial charge in [-0.25, -0.2) is 4.79 Å². The molecule has 0 fully saturated rings. The smallest absolute Gasteiger partial charge is 0.398 e. The first kappa shape index (κ1) is 26.2. The number of carbonyl (C=O) groups is 1. The lowest BCUT2D eigenvalue weighted by atomic mass is 10.0. The van der Waals surface area contributed by atoms with Crippen LogP contribution in [0.15, 0.2) is 59.5 Å². The molecule has 188 valence electrons. The van der Waals surface area contributed by atoms with Crippen molar-refractivity contribution in [3.8, 4) is 22.8 Å². The van der Waals surface area contributed by atoms with Crippen LogP contribution in [0.25, 0.3) is 22.3 Å². The molecule has 8 heteroatoms. The molecule has 0 amide bonds. The lowest BCUT2D eigenvalue weighted by molar-refractivity contribution is -0.195. The number of furan rings is 1. The minimum Gasteiger partial charge on any atom is -0.496 e. The number of esters is 1. The molecule has 2 aromatic carbocycles. The summed E-state index contributed by atoms with van der Waals surface area (Å²) in [7, 11) is 1.60. The molecular weight excluding hydrogens is 461 g/mol. The van der Waals surface area contributed by atoms with Gasteiger partial charge >= 0.3 is 12.1 Å². The first-order chi connectivity index (χ1) is 16.7. The lowest BCUT2D eigenvalue weighted by Crippen LogP contribution is -2.33. The Kier molecular flexibility index (Phi) is 8.84. The van der Waals surface area contributed by atoms with Gasteiger partial charge in [-0.3, -0.25) is 0 Å².